The summed E-state index contributed by atoms with van der Waals surface area (Å²) >= 11 is 6.27. The molecule has 1 aliphatic rings. The van der Waals surface area contributed by atoms with Crippen LogP contribution in [0.3, 0.4) is 0 Å². The number of carbonyl (C=O) groups is 14. The predicted octanol–water partition coefficient (Wildman–Crippen LogP) is 2.48. The molecule has 113 heavy (non-hydrogen) atoms. The van der Waals surface area contributed by atoms with Gasteiger partial charge in [-0.2, -0.15) is 0 Å². The molecule has 1 aliphatic heterocycles. The molecule has 2 heterocycles. The molecule has 5 aromatic carbocycles. The van der Waals surface area contributed by atoms with Gasteiger partial charge in [-0.25, -0.2) is 0 Å². The summed E-state index contributed by atoms with van der Waals surface area (Å²) in [5.74, 6) is -11.7. The number of hydrogen-bond donors (Lipinski definition) is 15. The van der Waals surface area contributed by atoms with E-state index in [0.29, 0.717) is 70.0 Å². The Kier molecular flexibility index (Phi) is 34.3. The largest absolute Gasteiger partial charge is 0.387 e. The zero-order valence-electron chi connectivity index (χ0n) is 64.6. The molecule has 1 aromatic heterocycles. The van der Waals surface area contributed by atoms with Crippen LogP contribution in [-0.2, 0) is 99.2 Å². The van der Waals surface area contributed by atoms with Crippen LogP contribution in [0.25, 0.3) is 10.8 Å². The Labute approximate surface area is 661 Å². The number of primary amides is 1. The molecule has 31 nitrogen and oxygen atoms in total. The monoisotopic (exact) mass is 1570 g/mol. The average molecular weight is 1580 g/mol. The van der Waals surface area contributed by atoms with Gasteiger partial charge in [0.2, 0.25) is 76.8 Å². The first-order valence-electron chi connectivity index (χ1n) is 37.6. The van der Waals surface area contributed by atoms with Crippen LogP contribution >= 0.6 is 11.6 Å². The number of anilines is 2. The molecule has 6 aromatic rings. The fourth-order valence-electron chi connectivity index (χ4n) is 12.8. The van der Waals surface area contributed by atoms with E-state index in [1.165, 1.54) is 69.3 Å². The highest BCUT2D eigenvalue weighted by molar-refractivity contribution is 6.30. The van der Waals surface area contributed by atoms with E-state index < -0.39 is 150 Å². The van der Waals surface area contributed by atoms with Crippen molar-refractivity contribution in [3.63, 3.8) is 0 Å². The first-order chi connectivity index (χ1) is 53.8. The smallest absolute Gasteiger partial charge is 0.264 e. The minimum Gasteiger partial charge on any atom is -0.387 e. The number of unbranched alkanes of at least 4 members (excludes halogenated alkanes) is 1. The Balaban J connectivity index is 1.21. The number of amides is 14. The molecule has 14 amide bonds. The third kappa shape index (κ3) is 29.2. The van der Waals surface area contributed by atoms with Crippen molar-refractivity contribution in [1.29, 1.82) is 0 Å². The maximum atomic E-state index is 15.4. The molecule has 7 rings (SSSR count). The summed E-state index contributed by atoms with van der Waals surface area (Å²) < 4.78 is 0. The fraction of sp³-hybridized carbons (Fsp3) is 0.420. The molecule has 10 atom stereocenters. The Bertz CT molecular complexity index is 4320. The topological polar surface area (TPSA) is 458 Å². The van der Waals surface area contributed by atoms with Crippen LogP contribution in [0.2, 0.25) is 5.02 Å². The van der Waals surface area contributed by atoms with Crippen LogP contribution in [0.5, 0.6) is 0 Å². The number of aromatic nitrogens is 1. The third-order valence-corrected chi connectivity index (χ3v) is 18.7. The van der Waals surface area contributed by atoms with Gasteiger partial charge in [0.1, 0.15) is 61.0 Å². The van der Waals surface area contributed by atoms with Crippen molar-refractivity contribution in [3.8, 4) is 0 Å². The summed E-state index contributed by atoms with van der Waals surface area (Å²) in [7, 11) is 0. The highest BCUT2D eigenvalue weighted by atomic mass is 35.5. The van der Waals surface area contributed by atoms with Crippen molar-refractivity contribution in [1.82, 2.24) is 68.4 Å². The van der Waals surface area contributed by atoms with Crippen LogP contribution in [0.4, 0.5) is 11.4 Å². The highest BCUT2D eigenvalue weighted by Crippen LogP contribution is 2.23. The summed E-state index contributed by atoms with van der Waals surface area (Å²) in [6.07, 6.45) is 1.29. The molecular weight excluding hydrogens is 1470 g/mol. The summed E-state index contributed by atoms with van der Waals surface area (Å²) in [4.78, 5) is 202. The van der Waals surface area contributed by atoms with Gasteiger partial charge in [0.25, 0.3) is 5.91 Å². The SMILES string of the molecule is CC(=O)Nc1ccc(C[C@H](NC(=O)[C@H](NC(=O)CO)NC(=O)[C@@H](Cc2cccnc2)NC(=O)[C@@H](Cc2ccc(Cl)cc2)NC(=O)[C@@H](Cc2ccc3ccccc3c2)NC(C)=O)C(=O)N[C@H](Cc2ccc(NC(C)=O)cc2)C(=O)N[C@@H](CC(C)C)C(=O)N[C@@H](CCCCNC(C)C)C(=O)N2CCC[C@@H]2C(=O)N[C@H](C)C(N)=O)cc1. The number of nitrogens with two attached hydrogens (primary N) is 1. The van der Waals surface area contributed by atoms with Gasteiger partial charge in [0, 0.05) is 94.3 Å². The number of aliphatic hydroxyl groups excluding tert-OH is 1. The molecule has 604 valence electrons. The van der Waals surface area contributed by atoms with E-state index in [0.717, 1.165) is 10.8 Å². The number of likely N-dealkylation sites (tertiary alicyclic amines) is 1. The second-order valence-electron chi connectivity index (χ2n) is 28.8. The second kappa shape index (κ2) is 43.8. The van der Waals surface area contributed by atoms with Gasteiger partial charge in [0.05, 0.1) is 0 Å². The van der Waals surface area contributed by atoms with Crippen LogP contribution in [0.1, 0.15) is 122 Å². The number of rotatable bonds is 41. The van der Waals surface area contributed by atoms with Crippen LogP contribution < -0.4 is 74.9 Å². The van der Waals surface area contributed by atoms with Crippen molar-refractivity contribution in [2.24, 2.45) is 11.7 Å². The van der Waals surface area contributed by atoms with Crippen LogP contribution in [-0.4, -0.2) is 184 Å². The van der Waals surface area contributed by atoms with E-state index in [1.54, 1.807) is 74.5 Å². The number of halogens is 1. The fourth-order valence-corrected chi connectivity index (χ4v) is 12.9. The van der Waals surface area contributed by atoms with Gasteiger partial charge < -0.3 is 84.9 Å². The normalized spacial score (nSPS) is 14.9. The summed E-state index contributed by atoms with van der Waals surface area (Å²) in [5, 5.41) is 47.4. The quantitative estimate of drug-likeness (QED) is 0.0194. The van der Waals surface area contributed by atoms with E-state index >= 15 is 24.0 Å². The lowest BCUT2D eigenvalue weighted by Crippen LogP contribution is -2.64. The molecule has 0 saturated carbocycles. The lowest BCUT2D eigenvalue weighted by molar-refractivity contribution is -0.142. The Morgan fingerprint density at radius 3 is 1.46 bits per heavy atom. The van der Waals surface area contributed by atoms with E-state index in [2.05, 4.69) is 74.1 Å². The number of hydrogen-bond acceptors (Lipinski definition) is 17. The second-order valence-corrected chi connectivity index (χ2v) is 29.2. The zero-order chi connectivity index (χ0) is 82.4. The molecule has 0 unspecified atom stereocenters. The first kappa shape index (κ1) is 88.5. The molecule has 0 bridgehead atoms. The number of aliphatic hydroxyl groups is 1. The Morgan fingerprint density at radius 1 is 0.496 bits per heavy atom. The van der Waals surface area contributed by atoms with Crippen LogP contribution in [0.15, 0.2) is 140 Å². The molecule has 0 radical (unpaired) electrons. The van der Waals surface area contributed by atoms with Gasteiger partial charge in [0.15, 0.2) is 6.17 Å². The lowest BCUT2D eigenvalue weighted by Gasteiger charge is -2.31. The molecular formula is C81H103ClN16O15. The minimum absolute atomic E-state index is 0.00177. The van der Waals surface area contributed by atoms with E-state index in [1.807, 2.05) is 56.3 Å². The maximum Gasteiger partial charge on any atom is 0.264 e. The summed E-state index contributed by atoms with van der Waals surface area (Å²) in [6.45, 7) is 12.3. The lowest BCUT2D eigenvalue weighted by atomic mass is 9.99. The van der Waals surface area contributed by atoms with Crippen LogP contribution in [0, 0.1) is 5.92 Å². The van der Waals surface area contributed by atoms with Crippen molar-refractivity contribution < 1.29 is 72.2 Å². The maximum absolute atomic E-state index is 15.4. The van der Waals surface area contributed by atoms with Gasteiger partial charge in [-0.3, -0.25) is 72.1 Å². The minimum atomic E-state index is -2.17. The van der Waals surface area contributed by atoms with Crippen molar-refractivity contribution in [2.75, 3.05) is 30.3 Å². The molecule has 0 spiro atoms. The number of nitrogens with one attached hydrogen (secondary N) is 13. The van der Waals surface area contributed by atoms with Gasteiger partial charge in [-0.05, 0) is 139 Å². The van der Waals surface area contributed by atoms with Gasteiger partial charge in [-0.1, -0.05) is 124 Å². The van der Waals surface area contributed by atoms with Crippen molar-refractivity contribution >= 4 is 116 Å². The highest BCUT2D eigenvalue weighted by Gasteiger charge is 2.41. The molecule has 32 heteroatoms. The molecule has 1 saturated heterocycles. The number of carbonyl (C=O) groups excluding carboxylic acids is 14. The zero-order valence-corrected chi connectivity index (χ0v) is 65.4. The number of pyridine rings is 1. The predicted molar refractivity (Wildman–Crippen MR) is 424 cm³/mol. The summed E-state index contributed by atoms with van der Waals surface area (Å²) in [6, 6.07) is 22.8. The van der Waals surface area contributed by atoms with Crippen molar-refractivity contribution in [3.05, 3.63) is 173 Å². The molecule has 16 N–H and O–H groups in total. The summed E-state index contributed by atoms with van der Waals surface area (Å²) in [5.41, 5.74) is 8.53. The average Bonchev–Trinajstić information content (AvgIpc) is 1.76. The number of fused-ring (bicyclic) bond motifs is 1. The van der Waals surface area contributed by atoms with Gasteiger partial charge in [-0.15, -0.1) is 0 Å². The standard InChI is InChI=1S/C81H103ClN16O15/c1-46(2)37-63(73(105)90-62(18-11-12-35-85-47(3)4)81(113)98-36-14-19-69(98)79(111)86-48(5)71(83)104)91-75(107)66(40-53-23-30-60(31-24-53)87-49(6)100)93-77(109)67(41-54-25-32-61(33-26-54)88-50(7)101)95-80(112)72(96-70(103)45-99)97-78(110)68(43-56-15-13-34-84-44-56)94-76(108)65(39-52-21-28-59(82)29-22-52)92-74(106)64(89-51(8)102)42-55-20-27-57-16-9-10-17-58(57)38-55/h9-10,13,15-17,20-34,38,44,46-48,62-69,72,85,99H,11-12,14,18-19,35-37,39-43,45H2,1-8H3,(H2,83,104)(H,86,111)(H,87,100)(H,88,101)(H,89,102)(H,90,105)(H,91,107)(H,92,106)(H,93,109)(H,94,108)(H,95,112)(H,96,103)(H,97,110)/t48-,62+,63+,64-,65-,66-,67+,68-,69-,72-/m1/s1. The van der Waals surface area contributed by atoms with E-state index in [9.17, 15) is 48.3 Å². The molecule has 0 aliphatic carbocycles. The first-order valence-corrected chi connectivity index (χ1v) is 38.0. The Morgan fingerprint density at radius 2 is 0.965 bits per heavy atom. The number of benzene rings is 5. The van der Waals surface area contributed by atoms with E-state index in [4.69, 9.17) is 17.3 Å². The molecule has 1 fully saturated rings. The Hall–Kier alpha value is -11.7. The third-order valence-electron chi connectivity index (χ3n) is 18.5. The van der Waals surface area contributed by atoms with E-state index in [-0.39, 0.29) is 69.4 Å². The van der Waals surface area contributed by atoms with Crippen molar-refractivity contribution in [2.45, 2.75) is 193 Å². The van der Waals surface area contributed by atoms with Gasteiger partial charge >= 0.3 is 0 Å². The number of nitrogens with zero attached hydrogens (tertiary/aromatic N) is 2.